The summed E-state index contributed by atoms with van der Waals surface area (Å²) < 4.78 is 73.6. The number of nitrogens with zero attached hydrogens (tertiary/aromatic N) is 1. The lowest BCUT2D eigenvalue weighted by Crippen LogP contribution is -2.40. The van der Waals surface area contributed by atoms with E-state index >= 15 is 0 Å². The molecule has 13 heteroatoms. The van der Waals surface area contributed by atoms with Crippen LogP contribution in [0.3, 0.4) is 0 Å². The second-order valence-corrected chi connectivity index (χ2v) is 8.39. The molecule has 4 rings (SSSR count). The largest absolute Gasteiger partial charge is 0.461 e. The van der Waals surface area contributed by atoms with Gasteiger partial charge in [0.05, 0.1) is 29.6 Å². The molecule has 2 amide bonds. The van der Waals surface area contributed by atoms with E-state index in [9.17, 15) is 36.3 Å². The Balaban J connectivity index is 1.85. The molecule has 0 aliphatic carbocycles. The predicted octanol–water partition coefficient (Wildman–Crippen LogP) is 5.09. The number of hydrogen-bond donors (Lipinski definition) is 2. The number of rotatable bonds is 5. The number of hydrogen-bond acceptors (Lipinski definition) is 4. The molecule has 1 aliphatic heterocycles. The first-order valence-corrected chi connectivity index (χ1v) is 11.1. The summed E-state index contributed by atoms with van der Waals surface area (Å²) in [7, 11) is 0. The Morgan fingerprint density at radius 2 is 1.86 bits per heavy atom. The van der Waals surface area contributed by atoms with E-state index in [1.165, 1.54) is 10.6 Å². The zero-order valence-electron chi connectivity index (χ0n) is 18.9. The molecule has 0 radical (unpaired) electrons. The van der Waals surface area contributed by atoms with Crippen LogP contribution in [-0.2, 0) is 22.3 Å². The number of esters is 1. The molecule has 7 nitrogen and oxygen atoms in total. The maximum Gasteiger partial charge on any atom is 0.416 e. The Hall–Kier alpha value is -3.93. The van der Waals surface area contributed by atoms with Crippen molar-refractivity contribution in [1.82, 2.24) is 9.88 Å². The van der Waals surface area contributed by atoms with Crippen LogP contribution in [0, 0.1) is 11.6 Å². The topological polar surface area (TPSA) is 89.4 Å². The summed E-state index contributed by atoms with van der Waals surface area (Å²) >= 11 is 6.24. The molecule has 0 saturated heterocycles. The molecule has 1 atom stereocenters. The van der Waals surface area contributed by atoms with Gasteiger partial charge >= 0.3 is 12.1 Å². The average Bonchev–Trinajstić information content (AvgIpc) is 3.17. The van der Waals surface area contributed by atoms with Crippen LogP contribution < -0.4 is 10.6 Å². The van der Waals surface area contributed by atoms with E-state index < -0.39 is 52.8 Å². The predicted molar refractivity (Wildman–Crippen MR) is 121 cm³/mol. The minimum Gasteiger partial charge on any atom is -0.461 e. The van der Waals surface area contributed by atoms with E-state index in [-0.39, 0.29) is 46.9 Å². The highest BCUT2D eigenvalue weighted by atomic mass is 35.5. The van der Waals surface area contributed by atoms with Gasteiger partial charge < -0.3 is 19.9 Å². The Labute approximate surface area is 211 Å². The van der Waals surface area contributed by atoms with Gasteiger partial charge in [-0.05, 0) is 49.4 Å². The van der Waals surface area contributed by atoms with E-state index in [0.717, 1.165) is 18.2 Å². The number of aromatic nitrogens is 1. The lowest BCUT2D eigenvalue weighted by Gasteiger charge is -2.29. The average molecular weight is 542 g/mol. The number of halogens is 6. The fourth-order valence-corrected chi connectivity index (χ4v) is 4.20. The number of amides is 2. The SMILES string of the molecule is CCOC(=O)c1cc(NC(=O)c2cc(F)cc(C(F)(F)F)c2)c2n1CC(=O)NC2c1cc(F)ccc1Cl. The molecule has 37 heavy (non-hydrogen) atoms. The normalized spacial score (nSPS) is 15.1. The number of benzene rings is 2. The highest BCUT2D eigenvalue weighted by Crippen LogP contribution is 2.38. The van der Waals surface area contributed by atoms with E-state index in [1.807, 2.05) is 0 Å². The third-order valence-electron chi connectivity index (χ3n) is 5.51. The monoisotopic (exact) mass is 541 g/mol. The second kappa shape index (κ2) is 9.85. The Morgan fingerprint density at radius 3 is 2.54 bits per heavy atom. The summed E-state index contributed by atoms with van der Waals surface area (Å²) in [5.41, 5.74) is -2.13. The molecule has 2 aromatic carbocycles. The number of anilines is 1. The first kappa shape index (κ1) is 26.1. The second-order valence-electron chi connectivity index (χ2n) is 7.98. The molecule has 194 valence electrons. The fraction of sp³-hybridized carbons (Fsp3) is 0.208. The van der Waals surface area contributed by atoms with E-state index in [0.29, 0.717) is 12.1 Å². The van der Waals surface area contributed by atoms with Crippen molar-refractivity contribution in [3.63, 3.8) is 0 Å². The summed E-state index contributed by atoms with van der Waals surface area (Å²) in [5.74, 6) is -4.53. The number of ether oxygens (including phenoxy) is 1. The molecule has 1 aromatic heterocycles. The lowest BCUT2D eigenvalue weighted by atomic mass is 10.0. The zero-order valence-corrected chi connectivity index (χ0v) is 19.6. The molecule has 1 unspecified atom stereocenters. The molecule has 3 aromatic rings. The van der Waals surface area contributed by atoms with Gasteiger partial charge in [-0.25, -0.2) is 13.6 Å². The van der Waals surface area contributed by atoms with E-state index in [2.05, 4.69) is 10.6 Å². The smallest absolute Gasteiger partial charge is 0.416 e. The maximum absolute atomic E-state index is 14.1. The van der Waals surface area contributed by atoms with Gasteiger partial charge in [0.25, 0.3) is 5.91 Å². The minimum absolute atomic E-state index is 0.0180. The summed E-state index contributed by atoms with van der Waals surface area (Å²) in [6, 6.07) is 4.70. The van der Waals surface area contributed by atoms with Gasteiger partial charge in [-0.3, -0.25) is 9.59 Å². The van der Waals surface area contributed by atoms with Crippen LogP contribution in [0.5, 0.6) is 0 Å². The van der Waals surface area contributed by atoms with E-state index in [4.69, 9.17) is 16.3 Å². The van der Waals surface area contributed by atoms with Crippen LogP contribution in [0.15, 0.2) is 42.5 Å². The zero-order chi connectivity index (χ0) is 27.1. The summed E-state index contributed by atoms with van der Waals surface area (Å²) in [4.78, 5) is 38.0. The molecule has 0 saturated carbocycles. The van der Waals surface area contributed by atoms with Crippen molar-refractivity contribution in [1.29, 1.82) is 0 Å². The van der Waals surface area contributed by atoms with Crippen LogP contribution in [0.25, 0.3) is 0 Å². The number of carbonyl (C=O) groups excluding carboxylic acids is 3. The van der Waals surface area contributed by atoms with Crippen molar-refractivity contribution < 1.29 is 41.1 Å². The van der Waals surface area contributed by atoms with Gasteiger partial charge in [-0.1, -0.05) is 11.6 Å². The van der Waals surface area contributed by atoms with Crippen LogP contribution in [0.1, 0.15) is 50.6 Å². The number of nitrogens with one attached hydrogen (secondary N) is 2. The van der Waals surface area contributed by atoms with E-state index in [1.54, 1.807) is 6.92 Å². The first-order valence-electron chi connectivity index (χ1n) is 10.7. The first-order chi connectivity index (χ1) is 17.4. The van der Waals surface area contributed by atoms with Gasteiger partial charge in [0.15, 0.2) is 0 Å². The highest BCUT2D eigenvalue weighted by Gasteiger charge is 2.36. The van der Waals surface area contributed by atoms with Crippen molar-refractivity contribution in [2.75, 3.05) is 11.9 Å². The number of fused-ring (bicyclic) bond motifs is 1. The van der Waals surface area contributed by atoms with Gasteiger partial charge in [-0.2, -0.15) is 13.2 Å². The third kappa shape index (κ3) is 5.29. The fourth-order valence-electron chi connectivity index (χ4n) is 3.98. The van der Waals surface area contributed by atoms with Crippen molar-refractivity contribution in [2.45, 2.75) is 25.7 Å². The maximum atomic E-state index is 14.1. The minimum atomic E-state index is -4.91. The van der Waals surface area contributed by atoms with Crippen molar-refractivity contribution in [2.24, 2.45) is 0 Å². The molecule has 2 heterocycles. The number of carbonyl (C=O) groups is 3. The number of alkyl halides is 3. The van der Waals surface area contributed by atoms with Crippen molar-refractivity contribution in [3.05, 3.63) is 87.2 Å². The molecule has 1 aliphatic rings. The van der Waals surface area contributed by atoms with Crippen LogP contribution >= 0.6 is 11.6 Å². The summed E-state index contributed by atoms with van der Waals surface area (Å²) in [6.07, 6.45) is -4.91. The molecular formula is C24H17ClF5N3O4. The highest BCUT2D eigenvalue weighted by molar-refractivity contribution is 6.31. The van der Waals surface area contributed by atoms with Gasteiger partial charge in [0.2, 0.25) is 5.91 Å². The van der Waals surface area contributed by atoms with Gasteiger partial charge in [-0.15, -0.1) is 0 Å². The van der Waals surface area contributed by atoms with Gasteiger partial charge in [0.1, 0.15) is 23.9 Å². The Kier molecular flexibility index (Phi) is 6.96. The lowest BCUT2D eigenvalue weighted by molar-refractivity contribution is -0.137. The van der Waals surface area contributed by atoms with Crippen LogP contribution in [0.4, 0.5) is 27.6 Å². The van der Waals surface area contributed by atoms with Crippen LogP contribution in [-0.4, -0.2) is 29.0 Å². The quantitative estimate of drug-likeness (QED) is 0.348. The van der Waals surface area contributed by atoms with Crippen molar-refractivity contribution >= 4 is 35.1 Å². The molecule has 0 spiro atoms. The molecule has 0 fully saturated rings. The Morgan fingerprint density at radius 1 is 1.14 bits per heavy atom. The summed E-state index contributed by atoms with van der Waals surface area (Å²) in [5, 5.41) is 5.03. The van der Waals surface area contributed by atoms with Crippen molar-refractivity contribution in [3.8, 4) is 0 Å². The molecular weight excluding hydrogens is 525 g/mol. The Bertz CT molecular complexity index is 1420. The molecule has 0 bridgehead atoms. The third-order valence-corrected chi connectivity index (χ3v) is 5.85. The summed E-state index contributed by atoms with van der Waals surface area (Å²) in [6.45, 7) is 1.14. The standard InChI is InChI=1S/C24H17ClF5N3O4/c1-2-37-23(36)18-9-17(31-22(35)11-5-12(24(28,29)30)7-14(27)6-11)21-20(32-19(34)10-33(18)21)15-8-13(26)3-4-16(15)25/h3-9,20H,2,10H2,1H3,(H,31,35)(H,32,34). The molecule has 2 N–H and O–H groups in total. The van der Waals surface area contributed by atoms with Gasteiger partial charge in [0, 0.05) is 16.1 Å². The van der Waals surface area contributed by atoms with Crippen LogP contribution in [0.2, 0.25) is 5.02 Å².